The molecule has 2 aliphatic rings. The summed E-state index contributed by atoms with van der Waals surface area (Å²) in [5.74, 6) is -0.250. The summed E-state index contributed by atoms with van der Waals surface area (Å²) in [5, 5.41) is 17.0. The highest BCUT2D eigenvalue weighted by Crippen LogP contribution is 2.34. The molecule has 30 heavy (non-hydrogen) atoms. The van der Waals surface area contributed by atoms with Gasteiger partial charge in [-0.3, -0.25) is 4.79 Å². The van der Waals surface area contributed by atoms with Crippen LogP contribution < -0.4 is 5.32 Å². The Morgan fingerprint density at radius 2 is 2.10 bits per heavy atom. The molecular formula is C22H29N3O4S. The molecule has 2 saturated heterocycles. The molecule has 1 aromatic heterocycles. The normalized spacial score (nSPS) is 25.9. The first-order chi connectivity index (χ1) is 14.6. The van der Waals surface area contributed by atoms with Crippen LogP contribution in [0.4, 0.5) is 0 Å². The minimum Gasteiger partial charge on any atom is -0.389 e. The second kappa shape index (κ2) is 9.53. The summed E-state index contributed by atoms with van der Waals surface area (Å²) < 4.78 is 11.3. The summed E-state index contributed by atoms with van der Waals surface area (Å²) in [7, 11) is 0. The van der Waals surface area contributed by atoms with Crippen LogP contribution in [0, 0.1) is 6.92 Å². The maximum atomic E-state index is 12.9. The largest absolute Gasteiger partial charge is 0.389 e. The van der Waals surface area contributed by atoms with Gasteiger partial charge in [0.25, 0.3) is 5.91 Å². The fourth-order valence-corrected chi connectivity index (χ4v) is 4.80. The minimum absolute atomic E-state index is 0.163. The molecule has 2 N–H and O–H groups in total. The van der Waals surface area contributed by atoms with Crippen molar-refractivity contribution in [3.05, 3.63) is 52.0 Å². The van der Waals surface area contributed by atoms with Gasteiger partial charge >= 0.3 is 0 Å². The predicted octanol–water partition coefficient (Wildman–Crippen LogP) is 2.30. The van der Waals surface area contributed by atoms with E-state index in [0.29, 0.717) is 18.7 Å². The number of β-amino-alcohol motifs (C(OH)–C–C–N with tert-alkyl or cyclic N) is 1. The zero-order valence-electron chi connectivity index (χ0n) is 17.3. The SMILES string of the molecule is Cc1nc(C(=O)N[C@]2(c3ccccc3)CCN(CCC3OCCCO3)C[C@H]2O)cs1. The lowest BCUT2D eigenvalue weighted by Crippen LogP contribution is -2.62. The summed E-state index contributed by atoms with van der Waals surface area (Å²) in [6, 6.07) is 9.75. The topological polar surface area (TPSA) is 83.9 Å². The summed E-state index contributed by atoms with van der Waals surface area (Å²) in [6.07, 6.45) is 1.42. The van der Waals surface area contributed by atoms with Gasteiger partial charge in [-0.25, -0.2) is 4.98 Å². The number of nitrogens with zero attached hydrogens (tertiary/aromatic N) is 2. The van der Waals surface area contributed by atoms with E-state index < -0.39 is 11.6 Å². The minimum atomic E-state index is -0.843. The average molecular weight is 432 g/mol. The first-order valence-corrected chi connectivity index (χ1v) is 11.4. The van der Waals surface area contributed by atoms with Crippen LogP contribution in [0.5, 0.6) is 0 Å². The van der Waals surface area contributed by atoms with Crippen molar-refractivity contribution in [1.29, 1.82) is 0 Å². The van der Waals surface area contributed by atoms with Crippen molar-refractivity contribution >= 4 is 17.2 Å². The zero-order chi connectivity index (χ0) is 21.0. The number of amides is 1. The number of thiazole rings is 1. The molecule has 0 aliphatic carbocycles. The summed E-state index contributed by atoms with van der Waals surface area (Å²) in [6.45, 7) is 5.37. The maximum absolute atomic E-state index is 12.9. The van der Waals surface area contributed by atoms with Crippen molar-refractivity contribution in [1.82, 2.24) is 15.2 Å². The Kier molecular flexibility index (Phi) is 6.80. The molecule has 2 fully saturated rings. The van der Waals surface area contributed by atoms with Crippen LogP contribution in [0.1, 0.15) is 40.3 Å². The third kappa shape index (κ3) is 4.73. The monoisotopic (exact) mass is 431 g/mol. The lowest BCUT2D eigenvalue weighted by Gasteiger charge is -2.46. The first kappa shape index (κ1) is 21.4. The molecule has 162 valence electrons. The molecule has 4 rings (SSSR count). The number of aromatic nitrogens is 1. The Bertz CT molecular complexity index is 840. The van der Waals surface area contributed by atoms with E-state index in [1.54, 1.807) is 5.38 Å². The standard InChI is InChI=1S/C22H29N3O4S/c1-16-23-18(15-30-16)21(27)24-22(17-6-3-2-4-7-17)9-11-25(14-19(22)26)10-8-20-28-12-5-13-29-20/h2-4,6-7,15,19-20,26H,5,8-14H2,1H3,(H,24,27)/t19-,22+/m1/s1. The molecule has 0 bridgehead atoms. The molecule has 2 aromatic rings. The highest BCUT2D eigenvalue weighted by atomic mass is 32.1. The lowest BCUT2D eigenvalue weighted by atomic mass is 9.78. The van der Waals surface area contributed by atoms with Crippen molar-refractivity contribution in [3.8, 4) is 0 Å². The van der Waals surface area contributed by atoms with Gasteiger partial charge in [-0.15, -0.1) is 11.3 Å². The Morgan fingerprint density at radius 1 is 1.33 bits per heavy atom. The quantitative estimate of drug-likeness (QED) is 0.730. The van der Waals surface area contributed by atoms with E-state index in [4.69, 9.17) is 9.47 Å². The van der Waals surface area contributed by atoms with Crippen LogP contribution in [0.3, 0.4) is 0 Å². The van der Waals surface area contributed by atoms with Crippen molar-refractivity contribution in [2.45, 2.75) is 44.1 Å². The van der Waals surface area contributed by atoms with Crippen molar-refractivity contribution < 1.29 is 19.4 Å². The van der Waals surface area contributed by atoms with E-state index in [2.05, 4.69) is 15.2 Å². The van der Waals surface area contributed by atoms with Gasteiger partial charge < -0.3 is 24.8 Å². The molecule has 1 amide bonds. The van der Waals surface area contributed by atoms with Gasteiger partial charge in [0, 0.05) is 31.4 Å². The van der Waals surface area contributed by atoms with Crippen LogP contribution in [0.15, 0.2) is 35.7 Å². The molecule has 8 heteroatoms. The van der Waals surface area contributed by atoms with Crippen LogP contribution in [-0.4, -0.2) is 66.1 Å². The number of carbonyl (C=O) groups excluding carboxylic acids is 1. The van der Waals surface area contributed by atoms with E-state index in [1.807, 2.05) is 37.3 Å². The molecule has 2 aliphatic heterocycles. The number of nitrogens with one attached hydrogen (secondary N) is 1. The zero-order valence-corrected chi connectivity index (χ0v) is 18.1. The maximum Gasteiger partial charge on any atom is 0.271 e. The van der Waals surface area contributed by atoms with Crippen molar-refractivity contribution in [3.63, 3.8) is 0 Å². The van der Waals surface area contributed by atoms with Gasteiger partial charge in [-0.2, -0.15) is 0 Å². The van der Waals surface area contributed by atoms with Crippen LogP contribution >= 0.6 is 11.3 Å². The van der Waals surface area contributed by atoms with E-state index in [1.165, 1.54) is 11.3 Å². The Hall–Kier alpha value is -1.84. The van der Waals surface area contributed by atoms with E-state index >= 15 is 0 Å². The Morgan fingerprint density at radius 3 is 2.77 bits per heavy atom. The molecule has 1 aromatic carbocycles. The number of ether oxygens (including phenoxy) is 2. The van der Waals surface area contributed by atoms with E-state index in [9.17, 15) is 9.90 Å². The number of likely N-dealkylation sites (tertiary alicyclic amines) is 1. The fraction of sp³-hybridized carbons (Fsp3) is 0.545. The molecule has 0 radical (unpaired) electrons. The number of hydrogen-bond acceptors (Lipinski definition) is 7. The van der Waals surface area contributed by atoms with Crippen LogP contribution in [0.25, 0.3) is 0 Å². The number of aliphatic hydroxyl groups is 1. The number of benzene rings is 1. The Balaban J connectivity index is 1.47. The fourth-order valence-electron chi connectivity index (χ4n) is 4.21. The highest BCUT2D eigenvalue weighted by Gasteiger charge is 2.45. The summed E-state index contributed by atoms with van der Waals surface area (Å²) in [4.78, 5) is 19.5. The number of aliphatic hydroxyl groups excluding tert-OH is 1. The summed E-state index contributed by atoms with van der Waals surface area (Å²) in [5.41, 5.74) is 0.468. The number of rotatable bonds is 6. The van der Waals surface area contributed by atoms with E-state index in [0.717, 1.165) is 49.7 Å². The molecular weight excluding hydrogens is 402 g/mol. The third-order valence-electron chi connectivity index (χ3n) is 5.88. The van der Waals surface area contributed by atoms with Crippen LogP contribution in [-0.2, 0) is 15.0 Å². The number of carbonyl (C=O) groups is 1. The van der Waals surface area contributed by atoms with Crippen molar-refractivity contribution in [2.24, 2.45) is 0 Å². The van der Waals surface area contributed by atoms with Gasteiger partial charge in [0.2, 0.25) is 0 Å². The van der Waals surface area contributed by atoms with Gasteiger partial charge in [-0.1, -0.05) is 30.3 Å². The average Bonchev–Trinajstić information content (AvgIpc) is 3.22. The van der Waals surface area contributed by atoms with E-state index in [-0.39, 0.29) is 12.2 Å². The second-order valence-corrected chi connectivity index (χ2v) is 8.99. The van der Waals surface area contributed by atoms with Gasteiger partial charge in [-0.05, 0) is 25.3 Å². The van der Waals surface area contributed by atoms with Crippen molar-refractivity contribution in [2.75, 3.05) is 32.8 Å². The number of piperidine rings is 1. The predicted molar refractivity (Wildman–Crippen MR) is 114 cm³/mol. The van der Waals surface area contributed by atoms with Gasteiger partial charge in [0.15, 0.2) is 6.29 Å². The molecule has 7 nitrogen and oxygen atoms in total. The van der Waals surface area contributed by atoms with Crippen LogP contribution in [0.2, 0.25) is 0 Å². The second-order valence-electron chi connectivity index (χ2n) is 7.92. The molecule has 0 spiro atoms. The molecule has 3 heterocycles. The highest BCUT2D eigenvalue weighted by molar-refractivity contribution is 7.09. The number of hydrogen-bond donors (Lipinski definition) is 2. The third-order valence-corrected chi connectivity index (χ3v) is 6.65. The first-order valence-electron chi connectivity index (χ1n) is 10.5. The molecule has 2 atom stereocenters. The lowest BCUT2D eigenvalue weighted by molar-refractivity contribution is -0.183. The number of aryl methyl sites for hydroxylation is 1. The summed E-state index contributed by atoms with van der Waals surface area (Å²) >= 11 is 1.44. The smallest absolute Gasteiger partial charge is 0.271 e. The van der Waals surface area contributed by atoms with Gasteiger partial charge in [0.05, 0.1) is 29.9 Å². The van der Waals surface area contributed by atoms with Gasteiger partial charge in [0.1, 0.15) is 5.69 Å². The Labute approximate surface area is 181 Å². The molecule has 0 unspecified atom stereocenters. The molecule has 0 saturated carbocycles.